The standard InChI is InChI=1S/C33H39N9O8/c43-26(13-14-27(44)45)37-29(21-9-4-5-10-21)32(48)36-23(12-15-28(46)50-19-20-7-2-1-3-8-20)33(49)42-24(17-22-11-6-16-34-30(22)42)31(47)35-18-25-38-40-41-39-25/h1-3,6-8,11,16,21,23-24,29H,4-5,9-10,12-15,17-19H2,(H,35,47)(H,36,48)(H,37,43)(H,44,45)(H,38,39,40,41)/t23-,24-,29-/m0/s1. The Morgan fingerprint density at radius 3 is 2.48 bits per heavy atom. The van der Waals surface area contributed by atoms with Crippen molar-refractivity contribution < 1.29 is 38.6 Å². The quantitative estimate of drug-likeness (QED) is 0.131. The van der Waals surface area contributed by atoms with Crippen LogP contribution in [0.25, 0.3) is 0 Å². The molecule has 1 aliphatic heterocycles. The van der Waals surface area contributed by atoms with Crippen molar-refractivity contribution in [1.82, 2.24) is 41.6 Å². The van der Waals surface area contributed by atoms with Gasteiger partial charge in [0.25, 0.3) is 5.91 Å². The lowest BCUT2D eigenvalue weighted by atomic mass is 9.96. The number of nitrogens with one attached hydrogen (secondary N) is 4. The number of hydrogen-bond acceptors (Lipinski definition) is 11. The molecule has 1 fully saturated rings. The molecule has 5 N–H and O–H groups in total. The van der Waals surface area contributed by atoms with E-state index in [9.17, 15) is 28.8 Å². The molecule has 0 radical (unpaired) electrons. The van der Waals surface area contributed by atoms with Crippen molar-refractivity contribution in [3.63, 3.8) is 0 Å². The zero-order chi connectivity index (χ0) is 35.5. The smallest absolute Gasteiger partial charge is 0.306 e. The lowest BCUT2D eigenvalue weighted by Crippen LogP contribution is -2.58. The summed E-state index contributed by atoms with van der Waals surface area (Å²) in [6.45, 7) is -0.0431. The normalized spacial score (nSPS) is 16.6. The number of aliphatic carboxylic acids is 1. The summed E-state index contributed by atoms with van der Waals surface area (Å²) in [4.78, 5) is 84.1. The first-order valence-corrected chi connectivity index (χ1v) is 16.5. The first-order chi connectivity index (χ1) is 24.2. The van der Waals surface area contributed by atoms with Gasteiger partial charge >= 0.3 is 11.9 Å². The Morgan fingerprint density at radius 2 is 1.76 bits per heavy atom. The van der Waals surface area contributed by atoms with Crippen molar-refractivity contribution in [1.29, 1.82) is 0 Å². The molecule has 264 valence electrons. The highest BCUT2D eigenvalue weighted by molar-refractivity contribution is 6.06. The SMILES string of the molecule is O=C(O)CCC(=O)N[C@H](C(=O)N[C@@H](CCC(=O)OCc1ccccc1)C(=O)N1c2ncccc2C[C@H]1C(=O)NCc1nn[nH]n1)C1CCCC1. The lowest BCUT2D eigenvalue weighted by molar-refractivity contribution is -0.145. The summed E-state index contributed by atoms with van der Waals surface area (Å²) >= 11 is 0. The van der Waals surface area contributed by atoms with Crippen molar-refractivity contribution in [2.45, 2.75) is 89.1 Å². The molecule has 17 heteroatoms. The number of aromatic nitrogens is 5. The third-order valence-corrected chi connectivity index (χ3v) is 8.70. The summed E-state index contributed by atoms with van der Waals surface area (Å²) in [5.74, 6) is -4.01. The van der Waals surface area contributed by atoms with Gasteiger partial charge in [0.15, 0.2) is 5.82 Å². The molecule has 3 aromatic rings. The van der Waals surface area contributed by atoms with Crippen molar-refractivity contribution in [2.75, 3.05) is 4.90 Å². The van der Waals surface area contributed by atoms with Crippen LogP contribution in [0, 0.1) is 5.92 Å². The van der Waals surface area contributed by atoms with Crippen LogP contribution in [0.5, 0.6) is 0 Å². The molecule has 3 atom stereocenters. The molecule has 2 aliphatic rings. The van der Waals surface area contributed by atoms with Crippen LogP contribution in [-0.2, 0) is 53.1 Å². The van der Waals surface area contributed by atoms with Crippen molar-refractivity contribution in [2.24, 2.45) is 5.92 Å². The zero-order valence-corrected chi connectivity index (χ0v) is 27.2. The molecular weight excluding hydrogens is 650 g/mol. The minimum absolute atomic E-state index is 0.0167. The number of anilines is 1. The molecule has 17 nitrogen and oxygen atoms in total. The number of esters is 1. The van der Waals surface area contributed by atoms with Gasteiger partial charge in [0, 0.05) is 25.5 Å². The third kappa shape index (κ3) is 9.45. The van der Waals surface area contributed by atoms with Gasteiger partial charge in [0.05, 0.1) is 13.0 Å². The number of carbonyl (C=O) groups is 6. The largest absolute Gasteiger partial charge is 0.481 e. The predicted octanol–water partition coefficient (Wildman–Crippen LogP) is 0.717. The number of tetrazole rings is 1. The topological polar surface area (TPSA) is 239 Å². The number of pyridine rings is 1. The maximum Gasteiger partial charge on any atom is 0.306 e. The summed E-state index contributed by atoms with van der Waals surface area (Å²) in [5.41, 5.74) is 1.40. The third-order valence-electron chi connectivity index (χ3n) is 8.70. The second-order valence-corrected chi connectivity index (χ2v) is 12.2. The molecule has 0 unspecified atom stereocenters. The van der Waals surface area contributed by atoms with Gasteiger partial charge < -0.3 is 25.8 Å². The second kappa shape index (κ2) is 17.1. The van der Waals surface area contributed by atoms with E-state index in [-0.39, 0.29) is 56.4 Å². The van der Waals surface area contributed by atoms with Crippen LogP contribution in [0.1, 0.15) is 68.3 Å². The van der Waals surface area contributed by atoms with E-state index in [1.54, 1.807) is 24.3 Å². The fourth-order valence-electron chi connectivity index (χ4n) is 6.18. The number of carboxylic acids is 1. The molecule has 1 saturated carbocycles. The highest BCUT2D eigenvalue weighted by atomic mass is 16.5. The number of amides is 4. The molecule has 1 aliphatic carbocycles. The summed E-state index contributed by atoms with van der Waals surface area (Å²) in [5, 5.41) is 30.6. The Kier molecular flexibility index (Phi) is 12.1. The van der Waals surface area contributed by atoms with E-state index in [2.05, 4.69) is 41.6 Å². The van der Waals surface area contributed by atoms with E-state index in [0.717, 1.165) is 18.4 Å². The van der Waals surface area contributed by atoms with E-state index in [1.165, 1.54) is 11.1 Å². The molecular formula is C33H39N9O8. The van der Waals surface area contributed by atoms with Crippen molar-refractivity contribution in [3.05, 3.63) is 65.6 Å². The van der Waals surface area contributed by atoms with Gasteiger partial charge in [-0.05, 0) is 42.4 Å². The number of hydrogen-bond donors (Lipinski definition) is 5. The molecule has 50 heavy (non-hydrogen) atoms. The van der Waals surface area contributed by atoms with Gasteiger partial charge in [0.1, 0.15) is 30.6 Å². The minimum atomic E-state index is -1.33. The van der Waals surface area contributed by atoms with E-state index < -0.39 is 60.1 Å². The summed E-state index contributed by atoms with van der Waals surface area (Å²) < 4.78 is 5.42. The highest BCUT2D eigenvalue weighted by Crippen LogP contribution is 2.32. The Labute approximate surface area is 286 Å². The Morgan fingerprint density at radius 1 is 0.980 bits per heavy atom. The first kappa shape index (κ1) is 35.6. The van der Waals surface area contributed by atoms with Gasteiger partial charge in [-0.1, -0.05) is 54.5 Å². The fraction of sp³-hybridized carbons (Fsp3) is 0.455. The first-order valence-electron chi connectivity index (χ1n) is 16.5. The molecule has 0 spiro atoms. The molecule has 1 aromatic carbocycles. The van der Waals surface area contributed by atoms with Crippen LogP contribution in [0.15, 0.2) is 48.7 Å². The van der Waals surface area contributed by atoms with Gasteiger partial charge in [-0.25, -0.2) is 4.98 Å². The molecule has 5 rings (SSSR count). The number of H-pyrrole nitrogens is 1. The van der Waals surface area contributed by atoms with Crippen LogP contribution in [0.3, 0.4) is 0 Å². The van der Waals surface area contributed by atoms with Gasteiger partial charge in [0.2, 0.25) is 17.7 Å². The predicted molar refractivity (Wildman–Crippen MR) is 173 cm³/mol. The number of fused-ring (bicyclic) bond motifs is 1. The number of rotatable bonds is 16. The van der Waals surface area contributed by atoms with Gasteiger partial charge in [-0.2, -0.15) is 5.21 Å². The molecule has 2 aromatic heterocycles. The van der Waals surface area contributed by atoms with Crippen LogP contribution in [0.2, 0.25) is 0 Å². The number of aromatic amines is 1. The number of carbonyl (C=O) groups excluding carboxylic acids is 5. The van der Waals surface area contributed by atoms with Gasteiger partial charge in [-0.3, -0.25) is 33.7 Å². The number of ether oxygens (including phenoxy) is 1. The molecule has 4 amide bonds. The second-order valence-electron chi connectivity index (χ2n) is 12.2. The number of nitrogens with zero attached hydrogens (tertiary/aromatic N) is 5. The van der Waals surface area contributed by atoms with Crippen molar-refractivity contribution >= 4 is 41.4 Å². The molecule has 0 saturated heterocycles. The Hall–Kier alpha value is -5.74. The van der Waals surface area contributed by atoms with Crippen LogP contribution in [-0.4, -0.2) is 84.4 Å². The van der Waals surface area contributed by atoms with Crippen LogP contribution in [0.4, 0.5) is 5.82 Å². The van der Waals surface area contributed by atoms with E-state index in [1.807, 2.05) is 18.2 Å². The van der Waals surface area contributed by atoms with E-state index in [4.69, 9.17) is 9.84 Å². The summed E-state index contributed by atoms with van der Waals surface area (Å²) in [6, 6.07) is 9.06. The van der Waals surface area contributed by atoms with Crippen LogP contribution >= 0.6 is 0 Å². The van der Waals surface area contributed by atoms with Crippen LogP contribution < -0.4 is 20.9 Å². The Bertz CT molecular complexity index is 1660. The zero-order valence-electron chi connectivity index (χ0n) is 27.2. The van der Waals surface area contributed by atoms with E-state index >= 15 is 0 Å². The summed E-state index contributed by atoms with van der Waals surface area (Å²) in [7, 11) is 0. The van der Waals surface area contributed by atoms with E-state index in [0.29, 0.717) is 18.4 Å². The van der Waals surface area contributed by atoms with Gasteiger partial charge in [-0.15, -0.1) is 10.2 Å². The number of carboxylic acid groups (broad SMARTS) is 1. The maximum atomic E-state index is 14.5. The fourth-order valence-corrected chi connectivity index (χ4v) is 6.18. The summed E-state index contributed by atoms with van der Waals surface area (Å²) in [6.07, 6.45) is 3.43. The molecule has 0 bridgehead atoms. The number of benzene rings is 1. The minimum Gasteiger partial charge on any atom is -0.481 e. The highest BCUT2D eigenvalue weighted by Gasteiger charge is 2.43. The average molecular weight is 690 g/mol. The Balaban J connectivity index is 1.37. The maximum absolute atomic E-state index is 14.5. The monoisotopic (exact) mass is 689 g/mol. The lowest BCUT2D eigenvalue weighted by Gasteiger charge is -2.30. The van der Waals surface area contributed by atoms with Crippen molar-refractivity contribution in [3.8, 4) is 0 Å². The average Bonchev–Trinajstić information content (AvgIpc) is 3.91. The molecule has 3 heterocycles.